The molecule has 0 radical (unpaired) electrons. The van der Waals surface area contributed by atoms with Gasteiger partial charge in [0.15, 0.2) is 0 Å². The lowest BCUT2D eigenvalue weighted by atomic mass is 10.1. The minimum absolute atomic E-state index is 0.0631. The summed E-state index contributed by atoms with van der Waals surface area (Å²) in [6.45, 7) is 3.84. The molecule has 158 valence electrons. The van der Waals surface area contributed by atoms with E-state index in [4.69, 9.17) is 0 Å². The largest absolute Gasteiger partial charge is 0.325 e. The summed E-state index contributed by atoms with van der Waals surface area (Å²) in [5.41, 5.74) is 2.02. The van der Waals surface area contributed by atoms with Gasteiger partial charge < -0.3 is 15.5 Å². The molecule has 0 bridgehead atoms. The van der Waals surface area contributed by atoms with Crippen molar-refractivity contribution in [1.29, 1.82) is 0 Å². The first-order valence-corrected chi connectivity index (χ1v) is 10.2. The fourth-order valence-electron chi connectivity index (χ4n) is 3.81. The molecule has 0 aromatic heterocycles. The van der Waals surface area contributed by atoms with E-state index in [1.807, 2.05) is 62.4 Å². The summed E-state index contributed by atoms with van der Waals surface area (Å²) in [5.74, 6) is -0.424. The van der Waals surface area contributed by atoms with Crippen LogP contribution >= 0.6 is 0 Å². The minimum Gasteiger partial charge on any atom is -0.325 e. The van der Waals surface area contributed by atoms with Crippen molar-refractivity contribution in [1.82, 2.24) is 4.90 Å². The summed E-state index contributed by atoms with van der Waals surface area (Å²) >= 11 is 0. The highest BCUT2D eigenvalue weighted by Gasteiger charge is 2.31. The van der Waals surface area contributed by atoms with Crippen molar-refractivity contribution in [2.75, 3.05) is 29.1 Å². The van der Waals surface area contributed by atoms with Crippen LogP contribution in [0, 0.1) is 0 Å². The lowest BCUT2D eigenvalue weighted by Crippen LogP contribution is -2.49. The van der Waals surface area contributed by atoms with Crippen molar-refractivity contribution in [2.24, 2.45) is 0 Å². The Balaban J connectivity index is 1.75. The molecule has 2 aromatic carbocycles. The smallest absolute Gasteiger partial charge is 0.241 e. The predicted molar refractivity (Wildman–Crippen MR) is 118 cm³/mol. The predicted octanol–water partition coefficient (Wildman–Crippen LogP) is 3.10. The van der Waals surface area contributed by atoms with E-state index in [0.29, 0.717) is 17.8 Å². The van der Waals surface area contributed by atoms with Crippen LogP contribution in [0.1, 0.15) is 26.7 Å². The molecule has 2 atom stereocenters. The summed E-state index contributed by atoms with van der Waals surface area (Å²) < 4.78 is 0. The number of nitrogens with zero attached hydrogens (tertiary/aromatic N) is 2. The summed E-state index contributed by atoms with van der Waals surface area (Å²) in [5, 5.41) is 5.77. The maximum Gasteiger partial charge on any atom is 0.241 e. The van der Waals surface area contributed by atoms with Crippen LogP contribution in [0.25, 0.3) is 0 Å². The first-order valence-electron chi connectivity index (χ1n) is 10.2. The first-order chi connectivity index (χ1) is 14.4. The number of hydrogen-bond acceptors (Lipinski definition) is 4. The number of carbonyl (C=O) groups excluding carboxylic acids is 3. The van der Waals surface area contributed by atoms with Gasteiger partial charge in [-0.25, -0.2) is 0 Å². The van der Waals surface area contributed by atoms with Crippen LogP contribution in [-0.2, 0) is 14.4 Å². The third-order valence-electron chi connectivity index (χ3n) is 5.28. The summed E-state index contributed by atoms with van der Waals surface area (Å²) in [6.07, 6.45) is 0.782. The van der Waals surface area contributed by atoms with Crippen molar-refractivity contribution in [3.63, 3.8) is 0 Å². The maximum atomic E-state index is 13.3. The highest BCUT2D eigenvalue weighted by Crippen LogP contribution is 2.31. The quantitative estimate of drug-likeness (QED) is 0.770. The highest BCUT2D eigenvalue weighted by molar-refractivity contribution is 6.05. The molecule has 0 aliphatic carbocycles. The normalized spacial score (nSPS) is 17.0. The number of carbonyl (C=O) groups is 3. The molecule has 0 saturated carbocycles. The molecule has 3 rings (SSSR count). The lowest BCUT2D eigenvalue weighted by molar-refractivity contribution is -0.124. The van der Waals surface area contributed by atoms with Gasteiger partial charge in [-0.3, -0.25) is 19.3 Å². The van der Waals surface area contributed by atoms with Gasteiger partial charge in [0.1, 0.15) is 0 Å². The number of hydrogen-bond donors (Lipinski definition) is 2. The molecule has 30 heavy (non-hydrogen) atoms. The Labute approximate surface area is 177 Å². The average molecular weight is 409 g/mol. The van der Waals surface area contributed by atoms with E-state index < -0.39 is 6.04 Å². The van der Waals surface area contributed by atoms with E-state index in [9.17, 15) is 14.4 Å². The molecule has 3 amide bonds. The Kier molecular flexibility index (Phi) is 6.84. The fraction of sp³-hybridized carbons (Fsp3) is 0.348. The van der Waals surface area contributed by atoms with Crippen LogP contribution in [0.5, 0.6) is 0 Å². The van der Waals surface area contributed by atoms with E-state index in [1.165, 1.54) is 0 Å². The summed E-state index contributed by atoms with van der Waals surface area (Å²) in [7, 11) is 1.77. The third-order valence-corrected chi connectivity index (χ3v) is 5.28. The van der Waals surface area contributed by atoms with E-state index in [1.54, 1.807) is 22.9 Å². The maximum absolute atomic E-state index is 13.3. The number of nitrogens with one attached hydrogen (secondary N) is 2. The van der Waals surface area contributed by atoms with Crippen molar-refractivity contribution in [3.05, 3.63) is 54.6 Å². The number of rotatable bonds is 6. The molecule has 0 spiro atoms. The van der Waals surface area contributed by atoms with E-state index in [-0.39, 0.29) is 36.7 Å². The van der Waals surface area contributed by atoms with Gasteiger partial charge in [-0.2, -0.15) is 0 Å². The van der Waals surface area contributed by atoms with E-state index in [0.717, 1.165) is 5.69 Å². The number of fused-ring (bicyclic) bond motifs is 1. The van der Waals surface area contributed by atoms with Crippen LogP contribution < -0.4 is 15.5 Å². The standard InChI is InChI=1S/C23H28N4O3/c1-4-19(23(30)24-17-10-6-5-7-11-17)26(3)15-22(29)27-16(2)14-21(28)25-18-12-8-9-13-20(18)27/h5-13,16,19H,4,14-15H2,1-3H3,(H,24,30)(H,25,28). The van der Waals surface area contributed by atoms with Crippen LogP contribution in [0.2, 0.25) is 0 Å². The molecule has 2 N–H and O–H groups in total. The zero-order valence-electron chi connectivity index (χ0n) is 17.6. The summed E-state index contributed by atoms with van der Waals surface area (Å²) in [6, 6.07) is 15.8. The second kappa shape index (κ2) is 9.54. The number of anilines is 3. The van der Waals surface area contributed by atoms with Crippen molar-refractivity contribution < 1.29 is 14.4 Å². The molecule has 1 heterocycles. The molecule has 2 unspecified atom stereocenters. The molecular weight excluding hydrogens is 380 g/mol. The summed E-state index contributed by atoms with van der Waals surface area (Å²) in [4.78, 5) is 41.6. The molecule has 2 aromatic rings. The Morgan fingerprint density at radius 2 is 1.83 bits per heavy atom. The van der Waals surface area contributed by atoms with Gasteiger partial charge in [0.2, 0.25) is 17.7 Å². The second-order valence-corrected chi connectivity index (χ2v) is 7.58. The number of likely N-dealkylation sites (N-methyl/N-ethyl adjacent to an activating group) is 1. The molecule has 1 aliphatic rings. The van der Waals surface area contributed by atoms with Gasteiger partial charge >= 0.3 is 0 Å². The Morgan fingerprint density at radius 1 is 1.17 bits per heavy atom. The topological polar surface area (TPSA) is 81.8 Å². The van der Waals surface area contributed by atoms with E-state index >= 15 is 0 Å². The Hall–Kier alpha value is -3.19. The number of para-hydroxylation sites is 3. The number of benzene rings is 2. The first kappa shape index (κ1) is 21.5. The fourth-order valence-corrected chi connectivity index (χ4v) is 3.81. The third kappa shape index (κ3) is 4.86. The highest BCUT2D eigenvalue weighted by atomic mass is 16.2. The van der Waals surface area contributed by atoms with Crippen LogP contribution in [0.15, 0.2) is 54.6 Å². The van der Waals surface area contributed by atoms with Crippen molar-refractivity contribution in [3.8, 4) is 0 Å². The second-order valence-electron chi connectivity index (χ2n) is 7.58. The monoisotopic (exact) mass is 408 g/mol. The Bertz CT molecular complexity index is 916. The van der Waals surface area contributed by atoms with Gasteiger partial charge in [-0.05, 0) is 44.7 Å². The molecule has 7 nitrogen and oxygen atoms in total. The van der Waals surface area contributed by atoms with Crippen molar-refractivity contribution in [2.45, 2.75) is 38.8 Å². The molecule has 7 heteroatoms. The van der Waals surface area contributed by atoms with Crippen molar-refractivity contribution >= 4 is 34.8 Å². The lowest BCUT2D eigenvalue weighted by Gasteiger charge is -2.32. The van der Waals surface area contributed by atoms with Gasteiger partial charge in [-0.15, -0.1) is 0 Å². The SMILES string of the molecule is CCC(C(=O)Nc1ccccc1)N(C)CC(=O)N1c2ccccc2NC(=O)CC1C. The van der Waals surface area contributed by atoms with Gasteiger partial charge in [0, 0.05) is 18.2 Å². The zero-order valence-corrected chi connectivity index (χ0v) is 17.6. The van der Waals surface area contributed by atoms with E-state index in [2.05, 4.69) is 10.6 Å². The van der Waals surface area contributed by atoms with Gasteiger partial charge in [0.25, 0.3) is 0 Å². The molecule has 1 aliphatic heterocycles. The van der Waals surface area contributed by atoms with Gasteiger partial charge in [0.05, 0.1) is 24.0 Å². The molecule has 0 saturated heterocycles. The zero-order chi connectivity index (χ0) is 21.7. The molecule has 0 fully saturated rings. The van der Waals surface area contributed by atoms with Gasteiger partial charge in [-0.1, -0.05) is 37.3 Å². The van der Waals surface area contributed by atoms with Crippen LogP contribution in [-0.4, -0.2) is 48.3 Å². The minimum atomic E-state index is -0.452. The molecular formula is C23H28N4O3. The van der Waals surface area contributed by atoms with Crippen LogP contribution in [0.3, 0.4) is 0 Å². The average Bonchev–Trinajstić information content (AvgIpc) is 2.83. The number of amides is 3. The Morgan fingerprint density at radius 3 is 2.53 bits per heavy atom. The van der Waals surface area contributed by atoms with Crippen LogP contribution in [0.4, 0.5) is 17.1 Å².